The molecule has 1 N–H and O–H groups in total. The fourth-order valence-corrected chi connectivity index (χ4v) is 2.77. The molecule has 3 aromatic rings. The van der Waals surface area contributed by atoms with Gasteiger partial charge in [0.1, 0.15) is 12.4 Å². The number of rotatable bonds is 9. The molecule has 0 aliphatic heterocycles. The highest BCUT2D eigenvalue weighted by Gasteiger charge is 2.06. The van der Waals surface area contributed by atoms with Crippen LogP contribution in [0.1, 0.15) is 11.1 Å². The first-order valence-electron chi connectivity index (χ1n) is 9.19. The number of hydrazone groups is 1. The fraction of sp³-hybridized carbons (Fsp3) is 0.130. The summed E-state index contributed by atoms with van der Waals surface area (Å²) in [4.78, 5) is 11.9. The van der Waals surface area contributed by atoms with Crippen molar-refractivity contribution in [1.29, 1.82) is 0 Å². The van der Waals surface area contributed by atoms with Gasteiger partial charge >= 0.3 is 0 Å². The first kappa shape index (κ1) is 21.4. The molecule has 3 aromatic carbocycles. The van der Waals surface area contributed by atoms with Crippen LogP contribution in [0.15, 0.2) is 82.4 Å². The number of methoxy groups -OCH3 is 1. The average Bonchev–Trinajstić information content (AvgIpc) is 2.78. The zero-order valence-corrected chi connectivity index (χ0v) is 18.0. The lowest BCUT2D eigenvalue weighted by molar-refractivity contribution is -0.123. The van der Waals surface area contributed by atoms with Gasteiger partial charge in [-0.25, -0.2) is 5.43 Å². The van der Waals surface area contributed by atoms with Gasteiger partial charge in [-0.1, -0.05) is 46.3 Å². The molecular weight excluding hydrogens is 448 g/mol. The van der Waals surface area contributed by atoms with Crippen LogP contribution in [0.3, 0.4) is 0 Å². The van der Waals surface area contributed by atoms with Gasteiger partial charge in [0, 0.05) is 4.47 Å². The van der Waals surface area contributed by atoms with E-state index < -0.39 is 0 Å². The summed E-state index contributed by atoms with van der Waals surface area (Å²) in [5.74, 6) is 1.46. The number of hydrogen-bond acceptors (Lipinski definition) is 5. The summed E-state index contributed by atoms with van der Waals surface area (Å²) in [6, 6.07) is 22.5. The van der Waals surface area contributed by atoms with Gasteiger partial charge in [-0.05, 0) is 53.6 Å². The molecular formula is C23H21BrN2O4. The number of carbonyl (C=O) groups excluding carboxylic acids is 1. The van der Waals surface area contributed by atoms with E-state index in [9.17, 15) is 4.79 Å². The van der Waals surface area contributed by atoms with Gasteiger partial charge in [0.15, 0.2) is 18.1 Å². The standard InChI is InChI=1S/C23H21BrN2O4/c1-28-22-13-18(7-12-21(22)30-15-17-5-3-2-4-6-17)14-25-26-23(27)16-29-20-10-8-19(24)9-11-20/h2-14H,15-16H2,1H3,(H,26,27)/b25-14+. The molecule has 30 heavy (non-hydrogen) atoms. The molecule has 0 fully saturated rings. The lowest BCUT2D eigenvalue weighted by Gasteiger charge is -2.11. The Morgan fingerprint density at radius 1 is 1.00 bits per heavy atom. The monoisotopic (exact) mass is 468 g/mol. The molecule has 0 saturated carbocycles. The fourth-order valence-electron chi connectivity index (χ4n) is 2.51. The van der Waals surface area contributed by atoms with Crippen molar-refractivity contribution < 1.29 is 19.0 Å². The van der Waals surface area contributed by atoms with Gasteiger partial charge in [0.2, 0.25) is 0 Å². The second kappa shape index (κ2) is 11.0. The maximum Gasteiger partial charge on any atom is 0.277 e. The molecule has 154 valence electrons. The Bertz CT molecular complexity index is 992. The predicted molar refractivity (Wildman–Crippen MR) is 119 cm³/mol. The number of nitrogens with one attached hydrogen (secondary N) is 1. The van der Waals surface area contributed by atoms with Crippen LogP contribution in [0.5, 0.6) is 17.2 Å². The summed E-state index contributed by atoms with van der Waals surface area (Å²) in [5, 5.41) is 3.96. The van der Waals surface area contributed by atoms with Gasteiger partial charge in [-0.15, -0.1) is 0 Å². The van der Waals surface area contributed by atoms with E-state index in [1.54, 1.807) is 25.3 Å². The molecule has 3 rings (SSSR count). The molecule has 0 atom stereocenters. The molecule has 0 spiro atoms. The third-order valence-electron chi connectivity index (χ3n) is 4.01. The van der Waals surface area contributed by atoms with E-state index in [-0.39, 0.29) is 12.5 Å². The van der Waals surface area contributed by atoms with E-state index in [1.165, 1.54) is 6.21 Å². The van der Waals surface area contributed by atoms with E-state index in [0.29, 0.717) is 23.9 Å². The van der Waals surface area contributed by atoms with Crippen molar-refractivity contribution >= 4 is 28.1 Å². The van der Waals surface area contributed by atoms with Crippen molar-refractivity contribution in [3.05, 3.63) is 88.4 Å². The Kier molecular flexibility index (Phi) is 7.86. The van der Waals surface area contributed by atoms with Crippen LogP contribution in [0.25, 0.3) is 0 Å². The molecule has 7 heteroatoms. The smallest absolute Gasteiger partial charge is 0.277 e. The van der Waals surface area contributed by atoms with Crippen LogP contribution < -0.4 is 19.6 Å². The third kappa shape index (κ3) is 6.63. The highest BCUT2D eigenvalue weighted by Crippen LogP contribution is 2.28. The van der Waals surface area contributed by atoms with Gasteiger partial charge in [-0.3, -0.25) is 4.79 Å². The highest BCUT2D eigenvalue weighted by atomic mass is 79.9. The molecule has 0 saturated heterocycles. The van der Waals surface area contributed by atoms with Crippen molar-refractivity contribution in [2.45, 2.75) is 6.61 Å². The first-order chi connectivity index (χ1) is 14.6. The maximum absolute atomic E-state index is 11.9. The normalized spacial score (nSPS) is 10.6. The number of nitrogens with zero attached hydrogens (tertiary/aromatic N) is 1. The summed E-state index contributed by atoms with van der Waals surface area (Å²) in [5.41, 5.74) is 4.26. The SMILES string of the molecule is COc1cc(/C=N/NC(=O)COc2ccc(Br)cc2)ccc1OCc1ccccc1. The Morgan fingerprint density at radius 3 is 2.50 bits per heavy atom. The lowest BCUT2D eigenvalue weighted by Crippen LogP contribution is -2.24. The molecule has 6 nitrogen and oxygen atoms in total. The minimum absolute atomic E-state index is 0.130. The van der Waals surface area contributed by atoms with Gasteiger partial charge < -0.3 is 14.2 Å². The molecule has 0 bridgehead atoms. The van der Waals surface area contributed by atoms with E-state index in [1.807, 2.05) is 54.6 Å². The van der Waals surface area contributed by atoms with E-state index in [2.05, 4.69) is 26.5 Å². The Balaban J connectivity index is 1.50. The molecule has 0 heterocycles. The van der Waals surface area contributed by atoms with E-state index in [4.69, 9.17) is 14.2 Å². The second-order valence-electron chi connectivity index (χ2n) is 6.22. The maximum atomic E-state index is 11.9. The number of ether oxygens (including phenoxy) is 3. The molecule has 0 aliphatic rings. The highest BCUT2D eigenvalue weighted by molar-refractivity contribution is 9.10. The second-order valence-corrected chi connectivity index (χ2v) is 7.14. The zero-order chi connectivity index (χ0) is 21.2. The number of halogens is 1. The van der Waals surface area contributed by atoms with Crippen molar-refractivity contribution in [3.63, 3.8) is 0 Å². The number of hydrogen-bond donors (Lipinski definition) is 1. The van der Waals surface area contributed by atoms with Crippen molar-refractivity contribution in [2.75, 3.05) is 13.7 Å². The molecule has 0 aliphatic carbocycles. The Labute approximate surface area is 183 Å². The molecule has 0 aromatic heterocycles. The average molecular weight is 469 g/mol. The summed E-state index contributed by atoms with van der Waals surface area (Å²) in [6.45, 7) is 0.313. The van der Waals surface area contributed by atoms with Crippen molar-refractivity contribution in [3.8, 4) is 17.2 Å². The van der Waals surface area contributed by atoms with Gasteiger partial charge in [0.25, 0.3) is 5.91 Å². The number of benzene rings is 3. The molecule has 0 unspecified atom stereocenters. The summed E-state index contributed by atoms with van der Waals surface area (Å²) in [6.07, 6.45) is 1.53. The van der Waals surface area contributed by atoms with Crippen LogP contribution >= 0.6 is 15.9 Å². The van der Waals surface area contributed by atoms with Crippen molar-refractivity contribution in [2.24, 2.45) is 5.10 Å². The van der Waals surface area contributed by atoms with Crippen LogP contribution in [-0.4, -0.2) is 25.8 Å². The van der Waals surface area contributed by atoms with E-state index in [0.717, 1.165) is 15.6 Å². The largest absolute Gasteiger partial charge is 0.493 e. The third-order valence-corrected chi connectivity index (χ3v) is 4.54. The first-order valence-corrected chi connectivity index (χ1v) is 9.98. The topological polar surface area (TPSA) is 69.2 Å². The quantitative estimate of drug-likeness (QED) is 0.369. The van der Waals surface area contributed by atoms with Gasteiger partial charge in [0.05, 0.1) is 13.3 Å². The minimum Gasteiger partial charge on any atom is -0.493 e. The Morgan fingerprint density at radius 2 is 1.77 bits per heavy atom. The molecule has 1 amide bonds. The van der Waals surface area contributed by atoms with Crippen molar-refractivity contribution in [1.82, 2.24) is 5.43 Å². The number of amides is 1. The predicted octanol–water partition coefficient (Wildman–Crippen LogP) is 4.57. The Hall–Kier alpha value is -3.32. The van der Waals surface area contributed by atoms with Crippen LogP contribution in [0, 0.1) is 0 Å². The van der Waals surface area contributed by atoms with Crippen LogP contribution in [0.2, 0.25) is 0 Å². The van der Waals surface area contributed by atoms with Crippen LogP contribution in [-0.2, 0) is 11.4 Å². The summed E-state index contributed by atoms with van der Waals surface area (Å²) in [7, 11) is 1.58. The summed E-state index contributed by atoms with van der Waals surface area (Å²) < 4.78 is 17.6. The van der Waals surface area contributed by atoms with Crippen LogP contribution in [0.4, 0.5) is 0 Å². The van der Waals surface area contributed by atoms with E-state index >= 15 is 0 Å². The zero-order valence-electron chi connectivity index (χ0n) is 16.4. The molecule has 0 radical (unpaired) electrons. The van der Waals surface area contributed by atoms with Gasteiger partial charge in [-0.2, -0.15) is 5.10 Å². The number of carbonyl (C=O) groups is 1. The lowest BCUT2D eigenvalue weighted by atomic mass is 10.2. The minimum atomic E-state index is -0.357. The summed E-state index contributed by atoms with van der Waals surface area (Å²) >= 11 is 3.35.